The molecule has 0 aliphatic heterocycles. The summed E-state index contributed by atoms with van der Waals surface area (Å²) in [6.45, 7) is 3.00. The third-order valence-electron chi connectivity index (χ3n) is 1.78. The van der Waals surface area contributed by atoms with Crippen LogP contribution in [0.2, 0.25) is 0 Å². The number of nitrogens with one attached hydrogen (secondary N) is 1. The van der Waals surface area contributed by atoms with Crippen molar-refractivity contribution in [3.05, 3.63) is 0 Å². The van der Waals surface area contributed by atoms with Gasteiger partial charge in [-0.1, -0.05) is 13.3 Å². The van der Waals surface area contributed by atoms with Crippen molar-refractivity contribution in [1.29, 1.82) is 0 Å². The molecular formula is C9H21NO. The van der Waals surface area contributed by atoms with E-state index in [1.807, 2.05) is 14.0 Å². The van der Waals surface area contributed by atoms with Crippen LogP contribution in [-0.4, -0.2) is 19.4 Å². The van der Waals surface area contributed by atoms with Crippen LogP contribution in [0.4, 0.5) is 0 Å². The number of ketones is 1. The largest absolute Gasteiger partial charge is 0.320 e. The second-order valence-corrected chi connectivity index (χ2v) is 2.81. The van der Waals surface area contributed by atoms with E-state index >= 15 is 0 Å². The number of rotatable bonds is 7. The summed E-state index contributed by atoms with van der Waals surface area (Å²) in [6.07, 6.45) is 4.90. The maximum absolute atomic E-state index is 10.8. The van der Waals surface area contributed by atoms with Crippen molar-refractivity contribution in [2.45, 2.75) is 39.0 Å². The SMILES string of the molecule is CCC(=O)CCCCCNC.[HH]. The fourth-order valence-electron chi connectivity index (χ4n) is 0.977. The summed E-state index contributed by atoms with van der Waals surface area (Å²) in [5.74, 6) is 0.398. The van der Waals surface area contributed by atoms with Crippen LogP contribution in [0.25, 0.3) is 0 Å². The average molecular weight is 159 g/mol. The van der Waals surface area contributed by atoms with Gasteiger partial charge in [0.25, 0.3) is 0 Å². The lowest BCUT2D eigenvalue weighted by Crippen LogP contribution is -2.07. The molecule has 2 nitrogen and oxygen atoms in total. The van der Waals surface area contributed by atoms with Gasteiger partial charge in [0.2, 0.25) is 0 Å². The minimum atomic E-state index is 0. The highest BCUT2D eigenvalue weighted by Crippen LogP contribution is 2.00. The lowest BCUT2D eigenvalue weighted by Gasteiger charge is -1.98. The molecular weight excluding hydrogens is 138 g/mol. The van der Waals surface area contributed by atoms with E-state index in [-0.39, 0.29) is 1.43 Å². The average Bonchev–Trinajstić information content (AvgIpc) is 2.04. The standard InChI is InChI=1S/C9H19NO.H2/c1-3-9(11)7-5-4-6-8-10-2;/h10H,3-8H2,1-2H3;1H. The first-order chi connectivity index (χ1) is 5.31. The van der Waals surface area contributed by atoms with Crippen molar-refractivity contribution in [3.8, 4) is 0 Å². The van der Waals surface area contributed by atoms with E-state index in [1.165, 1.54) is 12.8 Å². The van der Waals surface area contributed by atoms with Crippen molar-refractivity contribution in [3.63, 3.8) is 0 Å². The predicted octanol–water partition coefficient (Wildman–Crippen LogP) is 1.99. The van der Waals surface area contributed by atoms with Gasteiger partial charge in [-0.2, -0.15) is 0 Å². The van der Waals surface area contributed by atoms with Crippen molar-refractivity contribution in [1.82, 2.24) is 5.32 Å². The van der Waals surface area contributed by atoms with E-state index in [1.54, 1.807) is 0 Å². The first-order valence-electron chi connectivity index (χ1n) is 4.47. The first-order valence-corrected chi connectivity index (χ1v) is 4.47. The number of carbonyl (C=O) groups is 1. The number of Topliss-reactive ketones (excluding diaryl/α,β-unsaturated/α-hetero) is 1. The molecule has 0 saturated heterocycles. The molecule has 0 aromatic carbocycles. The molecule has 0 unspecified atom stereocenters. The van der Waals surface area contributed by atoms with E-state index in [2.05, 4.69) is 5.32 Å². The van der Waals surface area contributed by atoms with Crippen molar-refractivity contribution >= 4 is 5.78 Å². The molecule has 0 radical (unpaired) electrons. The quantitative estimate of drug-likeness (QED) is 0.576. The third-order valence-corrected chi connectivity index (χ3v) is 1.78. The van der Waals surface area contributed by atoms with Crippen LogP contribution in [0.5, 0.6) is 0 Å². The Hall–Kier alpha value is -0.370. The minimum Gasteiger partial charge on any atom is -0.320 e. The normalized spacial score (nSPS) is 10.0. The summed E-state index contributed by atoms with van der Waals surface area (Å²) >= 11 is 0. The number of hydrogen-bond donors (Lipinski definition) is 1. The Balaban J connectivity index is 0. The smallest absolute Gasteiger partial charge is 0.132 e. The van der Waals surface area contributed by atoms with Crippen molar-refractivity contribution in [2.75, 3.05) is 13.6 Å². The maximum Gasteiger partial charge on any atom is 0.132 e. The summed E-state index contributed by atoms with van der Waals surface area (Å²) in [7, 11) is 1.96. The Morgan fingerprint density at radius 2 is 2.09 bits per heavy atom. The Bertz CT molecular complexity index is 107. The van der Waals surface area contributed by atoms with Gasteiger partial charge in [0.1, 0.15) is 5.78 Å². The van der Waals surface area contributed by atoms with Gasteiger partial charge in [-0.3, -0.25) is 4.79 Å². The zero-order valence-electron chi connectivity index (χ0n) is 7.65. The molecule has 0 saturated carbocycles. The predicted molar refractivity (Wildman–Crippen MR) is 49.8 cm³/mol. The van der Waals surface area contributed by atoms with E-state index < -0.39 is 0 Å². The number of unbranched alkanes of at least 4 members (excludes halogenated alkanes) is 2. The second-order valence-electron chi connectivity index (χ2n) is 2.81. The van der Waals surface area contributed by atoms with Gasteiger partial charge in [-0.15, -0.1) is 0 Å². The molecule has 0 aliphatic rings. The maximum atomic E-state index is 10.8. The molecule has 0 amide bonds. The summed E-state index contributed by atoms with van der Waals surface area (Å²) < 4.78 is 0. The Labute approximate surface area is 70.9 Å². The van der Waals surface area contributed by atoms with Crippen LogP contribution in [0.1, 0.15) is 40.5 Å². The van der Waals surface area contributed by atoms with Gasteiger partial charge < -0.3 is 5.32 Å². The summed E-state index contributed by atoms with van der Waals surface area (Å²) in [5.41, 5.74) is 0. The third kappa shape index (κ3) is 7.53. The molecule has 0 rings (SSSR count). The van der Waals surface area contributed by atoms with Crippen LogP contribution < -0.4 is 5.32 Å². The molecule has 68 valence electrons. The monoisotopic (exact) mass is 159 g/mol. The van der Waals surface area contributed by atoms with Crippen molar-refractivity contribution < 1.29 is 6.22 Å². The highest BCUT2D eigenvalue weighted by molar-refractivity contribution is 5.77. The van der Waals surface area contributed by atoms with Crippen LogP contribution >= 0.6 is 0 Å². The van der Waals surface area contributed by atoms with Gasteiger partial charge in [0.05, 0.1) is 0 Å². The minimum absolute atomic E-state index is 0. The van der Waals surface area contributed by atoms with Crippen LogP contribution in [0, 0.1) is 0 Å². The topological polar surface area (TPSA) is 29.1 Å². The Morgan fingerprint density at radius 3 is 2.64 bits per heavy atom. The van der Waals surface area contributed by atoms with Crippen LogP contribution in [-0.2, 0) is 4.79 Å². The van der Waals surface area contributed by atoms with Crippen LogP contribution in [0.15, 0.2) is 0 Å². The fourth-order valence-corrected chi connectivity index (χ4v) is 0.977. The fraction of sp³-hybridized carbons (Fsp3) is 0.889. The zero-order valence-corrected chi connectivity index (χ0v) is 7.65. The van der Waals surface area contributed by atoms with Crippen molar-refractivity contribution in [2.24, 2.45) is 0 Å². The Morgan fingerprint density at radius 1 is 1.36 bits per heavy atom. The second kappa shape index (κ2) is 7.73. The van der Waals surface area contributed by atoms with Gasteiger partial charge in [-0.25, -0.2) is 0 Å². The number of carbonyl (C=O) groups excluding carboxylic acids is 1. The molecule has 1 N–H and O–H groups in total. The molecule has 0 aliphatic carbocycles. The summed E-state index contributed by atoms with van der Waals surface area (Å²) in [5, 5.41) is 3.08. The van der Waals surface area contributed by atoms with E-state index in [4.69, 9.17) is 0 Å². The van der Waals surface area contributed by atoms with E-state index in [0.717, 1.165) is 19.4 Å². The molecule has 0 atom stereocenters. The lowest BCUT2D eigenvalue weighted by atomic mass is 10.1. The summed E-state index contributed by atoms with van der Waals surface area (Å²) in [4.78, 5) is 10.8. The van der Waals surface area contributed by atoms with Gasteiger partial charge in [0, 0.05) is 14.3 Å². The summed E-state index contributed by atoms with van der Waals surface area (Å²) in [6, 6.07) is 0. The molecule has 0 spiro atoms. The lowest BCUT2D eigenvalue weighted by molar-refractivity contribution is -0.118. The molecule has 0 aromatic rings. The molecule has 0 heterocycles. The van der Waals surface area contributed by atoms with E-state index in [0.29, 0.717) is 12.2 Å². The Kier molecular flexibility index (Phi) is 7.47. The molecule has 0 bridgehead atoms. The van der Waals surface area contributed by atoms with Gasteiger partial charge >= 0.3 is 0 Å². The van der Waals surface area contributed by atoms with Crippen LogP contribution in [0.3, 0.4) is 0 Å². The highest BCUT2D eigenvalue weighted by Gasteiger charge is 1.96. The van der Waals surface area contributed by atoms with E-state index in [9.17, 15) is 4.79 Å². The number of hydrogen-bond acceptors (Lipinski definition) is 2. The molecule has 11 heavy (non-hydrogen) atoms. The van der Waals surface area contributed by atoms with Gasteiger partial charge in [-0.05, 0) is 26.4 Å². The first kappa shape index (κ1) is 10.6. The molecule has 2 heteroatoms. The zero-order chi connectivity index (χ0) is 8.53. The van der Waals surface area contributed by atoms with Gasteiger partial charge in [0.15, 0.2) is 0 Å². The molecule has 0 fully saturated rings. The highest BCUT2D eigenvalue weighted by atomic mass is 16.1. The molecule has 0 aromatic heterocycles.